The number of rotatable bonds is 7. The van der Waals surface area contributed by atoms with E-state index in [2.05, 4.69) is 41.8 Å². The van der Waals surface area contributed by atoms with Crippen molar-refractivity contribution in [2.24, 2.45) is 4.99 Å². The molecule has 0 spiro atoms. The number of ether oxygens (including phenoxy) is 1. The van der Waals surface area contributed by atoms with Crippen LogP contribution in [0.5, 0.6) is 5.75 Å². The number of nitrogens with one attached hydrogen (secondary N) is 2. The molecule has 0 unspecified atom stereocenters. The van der Waals surface area contributed by atoms with Crippen LogP contribution in [0.1, 0.15) is 26.3 Å². The van der Waals surface area contributed by atoms with E-state index >= 15 is 0 Å². The van der Waals surface area contributed by atoms with E-state index in [0.717, 1.165) is 23.8 Å². The van der Waals surface area contributed by atoms with Crippen molar-refractivity contribution in [1.82, 2.24) is 10.6 Å². The Morgan fingerprint density at radius 3 is 2.62 bits per heavy atom. The lowest BCUT2D eigenvalue weighted by atomic mass is 10.2. The predicted octanol–water partition coefficient (Wildman–Crippen LogP) is 2.89. The molecule has 0 saturated carbocycles. The van der Waals surface area contributed by atoms with E-state index in [1.54, 1.807) is 7.05 Å². The maximum Gasteiger partial charge on any atom is 0.191 e. The molecule has 21 heavy (non-hydrogen) atoms. The van der Waals surface area contributed by atoms with Crippen LogP contribution in [0.4, 0.5) is 0 Å². The topological polar surface area (TPSA) is 45.6 Å². The van der Waals surface area contributed by atoms with Gasteiger partial charge in [0.2, 0.25) is 0 Å². The van der Waals surface area contributed by atoms with Gasteiger partial charge >= 0.3 is 0 Å². The Kier molecular flexibility index (Phi) is 7.43. The fourth-order valence-corrected chi connectivity index (χ4v) is 1.93. The summed E-state index contributed by atoms with van der Waals surface area (Å²) in [4.78, 5) is 4.26. The molecular formula is C16H27N3OS. The van der Waals surface area contributed by atoms with Gasteiger partial charge in [-0.3, -0.25) is 4.99 Å². The molecule has 0 amide bonds. The lowest BCUT2D eigenvalue weighted by Crippen LogP contribution is -2.43. The second-order valence-corrected chi connectivity index (χ2v) is 6.80. The average Bonchev–Trinajstić information content (AvgIpc) is 2.49. The molecule has 1 aromatic carbocycles. The molecule has 4 nitrogen and oxygen atoms in total. The van der Waals surface area contributed by atoms with Crippen LogP contribution in [0, 0.1) is 0 Å². The highest BCUT2D eigenvalue weighted by Gasteiger charge is 2.16. The molecule has 0 aliphatic heterocycles. The number of guanidine groups is 1. The molecule has 0 aliphatic rings. The first-order chi connectivity index (χ1) is 10.0. The fourth-order valence-electron chi connectivity index (χ4n) is 1.71. The van der Waals surface area contributed by atoms with Gasteiger partial charge in [0.05, 0.1) is 6.61 Å². The van der Waals surface area contributed by atoms with Gasteiger partial charge in [-0.15, -0.1) is 0 Å². The Labute approximate surface area is 132 Å². The largest absolute Gasteiger partial charge is 0.494 e. The minimum absolute atomic E-state index is 0.181. The van der Waals surface area contributed by atoms with E-state index in [-0.39, 0.29) is 4.75 Å². The van der Waals surface area contributed by atoms with Gasteiger partial charge in [-0.05, 0) is 33.1 Å². The van der Waals surface area contributed by atoms with E-state index in [1.165, 1.54) is 0 Å². The van der Waals surface area contributed by atoms with Gasteiger partial charge in [0.1, 0.15) is 5.75 Å². The minimum atomic E-state index is 0.181. The molecule has 0 heterocycles. The van der Waals surface area contributed by atoms with Crippen LogP contribution in [0.2, 0.25) is 0 Å². The van der Waals surface area contributed by atoms with Crippen molar-refractivity contribution in [2.75, 3.05) is 26.5 Å². The molecule has 0 saturated heterocycles. The highest BCUT2D eigenvalue weighted by Crippen LogP contribution is 2.19. The van der Waals surface area contributed by atoms with Crippen LogP contribution < -0.4 is 15.4 Å². The van der Waals surface area contributed by atoms with E-state index in [0.29, 0.717) is 13.2 Å². The van der Waals surface area contributed by atoms with Crippen molar-refractivity contribution in [3.63, 3.8) is 0 Å². The molecule has 0 atom stereocenters. The van der Waals surface area contributed by atoms with Gasteiger partial charge in [-0.2, -0.15) is 11.8 Å². The third-order valence-corrected chi connectivity index (χ3v) is 4.43. The molecule has 0 aliphatic carbocycles. The lowest BCUT2D eigenvalue weighted by Gasteiger charge is -2.24. The van der Waals surface area contributed by atoms with Crippen molar-refractivity contribution < 1.29 is 4.74 Å². The molecule has 2 N–H and O–H groups in total. The molecule has 0 aromatic heterocycles. The number of aliphatic imine (C=N–C) groups is 1. The summed E-state index contributed by atoms with van der Waals surface area (Å²) in [5.41, 5.74) is 1.13. The first-order valence-electron chi connectivity index (χ1n) is 7.22. The monoisotopic (exact) mass is 309 g/mol. The summed E-state index contributed by atoms with van der Waals surface area (Å²) in [5, 5.41) is 6.69. The van der Waals surface area contributed by atoms with E-state index in [9.17, 15) is 0 Å². The fraction of sp³-hybridized carbons (Fsp3) is 0.562. The minimum Gasteiger partial charge on any atom is -0.494 e. The Balaban J connectivity index is 2.56. The highest BCUT2D eigenvalue weighted by molar-refractivity contribution is 7.99. The summed E-state index contributed by atoms with van der Waals surface area (Å²) in [6.45, 7) is 8.64. The van der Waals surface area contributed by atoms with Crippen LogP contribution in [-0.4, -0.2) is 37.2 Å². The second-order valence-electron chi connectivity index (χ2n) is 5.28. The van der Waals surface area contributed by atoms with Crippen LogP contribution >= 0.6 is 11.8 Å². The predicted molar refractivity (Wildman–Crippen MR) is 93.4 cm³/mol. The summed E-state index contributed by atoms with van der Waals surface area (Å²) < 4.78 is 5.81. The Bertz CT molecular complexity index is 461. The van der Waals surface area contributed by atoms with Crippen molar-refractivity contribution in [3.8, 4) is 5.75 Å². The van der Waals surface area contributed by atoms with Gasteiger partial charge in [-0.1, -0.05) is 18.2 Å². The van der Waals surface area contributed by atoms with Crippen LogP contribution in [0.25, 0.3) is 0 Å². The summed E-state index contributed by atoms with van der Waals surface area (Å²) >= 11 is 1.84. The first-order valence-corrected chi connectivity index (χ1v) is 8.45. The summed E-state index contributed by atoms with van der Waals surface area (Å²) in [5.74, 6) is 1.73. The molecule has 1 aromatic rings. The first kappa shape index (κ1) is 17.7. The zero-order valence-corrected chi connectivity index (χ0v) is 14.5. The number of hydrogen-bond acceptors (Lipinski definition) is 3. The third-order valence-electron chi connectivity index (χ3n) is 3.18. The summed E-state index contributed by atoms with van der Waals surface area (Å²) in [7, 11) is 1.79. The smallest absolute Gasteiger partial charge is 0.191 e. The zero-order chi connectivity index (χ0) is 15.7. The Morgan fingerprint density at radius 2 is 2.00 bits per heavy atom. The van der Waals surface area contributed by atoms with E-state index < -0.39 is 0 Å². The molecule has 5 heteroatoms. The summed E-state index contributed by atoms with van der Waals surface area (Å²) in [6.07, 6.45) is 2.12. The SMILES string of the molecule is CCOc1ccccc1CNC(=NC)NCC(C)(C)SC. The standard InChI is InChI=1S/C16H27N3OS/c1-6-20-14-10-8-7-9-13(14)11-18-15(17-4)19-12-16(2,3)21-5/h7-10H,6,11-12H2,1-5H3,(H2,17,18,19). The number of thioether (sulfide) groups is 1. The molecule has 1 rings (SSSR count). The maximum atomic E-state index is 5.63. The molecule has 0 radical (unpaired) electrons. The van der Waals surface area contributed by atoms with Crippen molar-refractivity contribution >= 4 is 17.7 Å². The molecular weight excluding hydrogens is 282 g/mol. The lowest BCUT2D eigenvalue weighted by molar-refractivity contribution is 0.336. The number of benzene rings is 1. The number of nitrogens with zero attached hydrogens (tertiary/aromatic N) is 1. The van der Waals surface area contributed by atoms with Gasteiger partial charge in [0.15, 0.2) is 5.96 Å². The van der Waals surface area contributed by atoms with Crippen LogP contribution in [-0.2, 0) is 6.54 Å². The maximum absolute atomic E-state index is 5.63. The van der Waals surface area contributed by atoms with Gasteiger partial charge in [0.25, 0.3) is 0 Å². The number of hydrogen-bond donors (Lipinski definition) is 2. The van der Waals surface area contributed by atoms with Crippen molar-refractivity contribution in [1.29, 1.82) is 0 Å². The number of para-hydroxylation sites is 1. The van der Waals surface area contributed by atoms with E-state index in [4.69, 9.17) is 4.74 Å². The van der Waals surface area contributed by atoms with Gasteiger partial charge in [0, 0.05) is 30.4 Å². The second kappa shape index (κ2) is 8.82. The van der Waals surface area contributed by atoms with E-state index in [1.807, 2.05) is 36.9 Å². The molecule has 0 fully saturated rings. The third kappa shape index (κ3) is 6.29. The normalized spacial score (nSPS) is 12.1. The van der Waals surface area contributed by atoms with Crippen molar-refractivity contribution in [2.45, 2.75) is 32.1 Å². The van der Waals surface area contributed by atoms with Crippen LogP contribution in [0.15, 0.2) is 29.3 Å². The average molecular weight is 309 g/mol. The Morgan fingerprint density at radius 1 is 1.29 bits per heavy atom. The molecule has 118 valence electrons. The van der Waals surface area contributed by atoms with Crippen LogP contribution in [0.3, 0.4) is 0 Å². The van der Waals surface area contributed by atoms with Gasteiger partial charge in [-0.25, -0.2) is 0 Å². The molecule has 0 bridgehead atoms. The Hall–Kier alpha value is -1.36. The van der Waals surface area contributed by atoms with Crippen molar-refractivity contribution in [3.05, 3.63) is 29.8 Å². The van der Waals surface area contributed by atoms with Gasteiger partial charge < -0.3 is 15.4 Å². The highest BCUT2D eigenvalue weighted by atomic mass is 32.2. The quantitative estimate of drug-likeness (QED) is 0.600. The summed E-state index contributed by atoms with van der Waals surface area (Å²) in [6, 6.07) is 8.07. The zero-order valence-electron chi connectivity index (χ0n) is 13.7.